The van der Waals surface area contributed by atoms with E-state index in [1.165, 1.54) is 23.1 Å². The number of fused-ring (bicyclic) bond motifs is 1. The molecule has 0 fully saturated rings. The smallest absolute Gasteiger partial charge is 0.210 e. The lowest BCUT2D eigenvalue weighted by molar-refractivity contribution is 0.420. The standard InChI is InChI=1S/C25H18N6O2S2/c26-14-19(23-28-20-8-4-5-9-21(20)29-23)22(32)15-34-25-31-30-24(35-25)27-16-10-12-18(13-11-16)33-17-6-2-1-3-7-17/h1-13,32H,15H2,(H,27,30)(H,28,29). The van der Waals surface area contributed by atoms with Crippen LogP contribution in [0.3, 0.4) is 0 Å². The molecule has 0 spiro atoms. The Labute approximate surface area is 209 Å². The lowest BCUT2D eigenvalue weighted by Gasteiger charge is -2.06. The quantitative estimate of drug-likeness (QED) is 0.125. The summed E-state index contributed by atoms with van der Waals surface area (Å²) in [5, 5.41) is 32.2. The zero-order valence-corrected chi connectivity index (χ0v) is 19.8. The van der Waals surface area contributed by atoms with E-state index in [4.69, 9.17) is 4.74 Å². The van der Waals surface area contributed by atoms with Gasteiger partial charge in [-0.3, -0.25) is 0 Å². The Morgan fingerprint density at radius 2 is 1.74 bits per heavy atom. The number of ether oxygens (including phenoxy) is 1. The highest BCUT2D eigenvalue weighted by molar-refractivity contribution is 8.01. The number of H-pyrrole nitrogens is 1. The van der Waals surface area contributed by atoms with Crippen molar-refractivity contribution in [1.29, 1.82) is 5.26 Å². The van der Waals surface area contributed by atoms with Crippen LogP contribution >= 0.6 is 23.1 Å². The molecule has 0 unspecified atom stereocenters. The van der Waals surface area contributed by atoms with Crippen LogP contribution in [0.5, 0.6) is 11.5 Å². The van der Waals surface area contributed by atoms with Crippen molar-refractivity contribution in [2.45, 2.75) is 4.34 Å². The van der Waals surface area contributed by atoms with E-state index < -0.39 is 0 Å². The third-order valence-electron chi connectivity index (χ3n) is 4.85. The Balaban J connectivity index is 1.20. The Morgan fingerprint density at radius 3 is 2.51 bits per heavy atom. The number of aliphatic hydroxyl groups is 1. The van der Waals surface area contributed by atoms with Crippen LogP contribution in [-0.2, 0) is 0 Å². The summed E-state index contributed by atoms with van der Waals surface area (Å²) >= 11 is 2.65. The fraction of sp³-hybridized carbons (Fsp3) is 0.0400. The maximum Gasteiger partial charge on any atom is 0.210 e. The number of anilines is 2. The number of nitriles is 1. The maximum absolute atomic E-state index is 10.5. The van der Waals surface area contributed by atoms with Crippen LogP contribution in [0.4, 0.5) is 10.8 Å². The summed E-state index contributed by atoms with van der Waals surface area (Å²) in [5.41, 5.74) is 2.48. The number of benzene rings is 3. The van der Waals surface area contributed by atoms with Gasteiger partial charge in [-0.15, -0.1) is 10.2 Å². The van der Waals surface area contributed by atoms with Gasteiger partial charge in [0.05, 0.1) is 16.8 Å². The van der Waals surface area contributed by atoms with E-state index in [9.17, 15) is 10.4 Å². The lowest BCUT2D eigenvalue weighted by Crippen LogP contribution is -1.95. The second kappa shape index (κ2) is 10.3. The number of nitrogens with one attached hydrogen (secondary N) is 2. The lowest BCUT2D eigenvalue weighted by atomic mass is 10.2. The molecule has 0 aliphatic carbocycles. The molecule has 2 heterocycles. The highest BCUT2D eigenvalue weighted by Crippen LogP contribution is 2.31. The van der Waals surface area contributed by atoms with Gasteiger partial charge in [0.1, 0.15) is 28.9 Å². The van der Waals surface area contributed by atoms with Crippen LogP contribution in [-0.4, -0.2) is 31.0 Å². The second-order valence-corrected chi connectivity index (χ2v) is 9.46. The third-order valence-corrected chi connectivity index (χ3v) is 6.83. The Hall–Kier alpha value is -4.33. The number of allylic oxidation sites excluding steroid dienone is 1. The number of aromatic nitrogens is 4. The summed E-state index contributed by atoms with van der Waals surface area (Å²) in [6.45, 7) is 0. The van der Waals surface area contributed by atoms with Crippen LogP contribution in [0.1, 0.15) is 5.82 Å². The average molecular weight is 499 g/mol. The average Bonchev–Trinajstić information content (AvgIpc) is 3.52. The van der Waals surface area contributed by atoms with Crippen molar-refractivity contribution in [3.05, 3.63) is 90.4 Å². The number of hydrogen-bond donors (Lipinski definition) is 3. The molecule has 0 saturated carbocycles. The van der Waals surface area contributed by atoms with Crippen molar-refractivity contribution in [2.75, 3.05) is 11.1 Å². The minimum absolute atomic E-state index is 0.0738. The number of nitrogens with zero attached hydrogens (tertiary/aromatic N) is 4. The van der Waals surface area contributed by atoms with Gasteiger partial charge in [-0.1, -0.05) is 53.4 Å². The van der Waals surface area contributed by atoms with Crippen LogP contribution < -0.4 is 10.1 Å². The number of aliphatic hydroxyl groups excluding tert-OH is 1. The minimum Gasteiger partial charge on any atom is -0.510 e. The van der Waals surface area contributed by atoms with E-state index >= 15 is 0 Å². The summed E-state index contributed by atoms with van der Waals surface area (Å²) < 4.78 is 6.46. The molecule has 0 amide bonds. The Bertz CT molecular complexity index is 1490. The molecule has 0 radical (unpaired) electrons. The SMILES string of the molecule is N#CC(=C(O)CSc1nnc(Nc2ccc(Oc3ccccc3)cc2)s1)c1nc2ccccc2[nH]1. The molecule has 0 saturated heterocycles. The maximum atomic E-state index is 10.5. The Morgan fingerprint density at radius 1 is 1.00 bits per heavy atom. The molecule has 0 aliphatic rings. The number of rotatable bonds is 8. The summed E-state index contributed by atoms with van der Waals surface area (Å²) in [6.07, 6.45) is 0. The Kier molecular flexibility index (Phi) is 6.61. The van der Waals surface area contributed by atoms with E-state index in [1.807, 2.05) is 84.9 Å². The molecule has 5 rings (SSSR count). The molecule has 0 bridgehead atoms. The topological polar surface area (TPSA) is 120 Å². The predicted octanol–water partition coefficient (Wildman–Crippen LogP) is 6.54. The van der Waals surface area contributed by atoms with Crippen LogP contribution in [0.2, 0.25) is 0 Å². The highest BCUT2D eigenvalue weighted by atomic mass is 32.2. The largest absolute Gasteiger partial charge is 0.510 e. The number of aromatic amines is 1. The molecule has 10 heteroatoms. The van der Waals surface area contributed by atoms with Gasteiger partial charge in [0.2, 0.25) is 5.13 Å². The second-order valence-electron chi connectivity index (χ2n) is 7.26. The number of thioether (sulfide) groups is 1. The fourth-order valence-corrected chi connectivity index (χ4v) is 4.85. The summed E-state index contributed by atoms with van der Waals surface area (Å²) in [4.78, 5) is 7.46. The normalized spacial score (nSPS) is 11.6. The van der Waals surface area contributed by atoms with Gasteiger partial charge in [-0.25, -0.2) is 4.98 Å². The number of imidazole rings is 1. The minimum atomic E-state index is -0.0738. The molecule has 172 valence electrons. The van der Waals surface area contributed by atoms with Crippen molar-refractivity contribution < 1.29 is 9.84 Å². The summed E-state index contributed by atoms with van der Waals surface area (Å²) in [6, 6.07) is 26.6. The van der Waals surface area contributed by atoms with Gasteiger partial charge in [-0.2, -0.15) is 5.26 Å². The van der Waals surface area contributed by atoms with E-state index in [-0.39, 0.29) is 17.1 Å². The van der Waals surface area contributed by atoms with E-state index in [2.05, 4.69) is 25.5 Å². The molecule has 5 aromatic rings. The molecular formula is C25H18N6O2S2. The number of hydrogen-bond acceptors (Lipinski definition) is 9. The molecule has 0 aliphatic heterocycles. The molecule has 3 N–H and O–H groups in total. The number of para-hydroxylation sites is 3. The zero-order valence-electron chi connectivity index (χ0n) is 18.2. The van der Waals surface area contributed by atoms with Crippen molar-refractivity contribution in [2.24, 2.45) is 0 Å². The van der Waals surface area contributed by atoms with E-state index in [1.54, 1.807) is 0 Å². The van der Waals surface area contributed by atoms with Gasteiger partial charge in [-0.05, 0) is 48.5 Å². The molecule has 8 nitrogen and oxygen atoms in total. The van der Waals surface area contributed by atoms with Crippen molar-refractivity contribution in [3.8, 4) is 17.6 Å². The first-order valence-corrected chi connectivity index (χ1v) is 12.3. The van der Waals surface area contributed by atoms with Gasteiger partial charge < -0.3 is 20.1 Å². The zero-order chi connectivity index (χ0) is 24.0. The summed E-state index contributed by atoms with van der Waals surface area (Å²) in [7, 11) is 0. The predicted molar refractivity (Wildman–Crippen MR) is 138 cm³/mol. The molecule has 3 aromatic carbocycles. The highest BCUT2D eigenvalue weighted by Gasteiger charge is 2.15. The first-order chi connectivity index (χ1) is 17.2. The van der Waals surface area contributed by atoms with E-state index in [0.29, 0.717) is 15.3 Å². The summed E-state index contributed by atoms with van der Waals surface area (Å²) in [5.74, 6) is 1.94. The molecular weight excluding hydrogens is 480 g/mol. The van der Waals surface area contributed by atoms with Gasteiger partial charge in [0.15, 0.2) is 10.2 Å². The van der Waals surface area contributed by atoms with Gasteiger partial charge >= 0.3 is 0 Å². The van der Waals surface area contributed by atoms with Gasteiger partial charge in [0, 0.05) is 5.69 Å². The van der Waals surface area contributed by atoms with Crippen molar-refractivity contribution >= 4 is 50.5 Å². The molecule has 0 atom stereocenters. The van der Waals surface area contributed by atoms with Crippen molar-refractivity contribution in [3.63, 3.8) is 0 Å². The first kappa shape index (κ1) is 22.5. The first-order valence-electron chi connectivity index (χ1n) is 10.5. The van der Waals surface area contributed by atoms with Crippen LogP contribution in [0.25, 0.3) is 16.6 Å². The monoisotopic (exact) mass is 498 g/mol. The van der Waals surface area contributed by atoms with Gasteiger partial charge in [0.25, 0.3) is 0 Å². The van der Waals surface area contributed by atoms with Crippen LogP contribution in [0.15, 0.2) is 89.0 Å². The molecule has 2 aromatic heterocycles. The third kappa shape index (κ3) is 5.43. The van der Waals surface area contributed by atoms with Crippen molar-refractivity contribution in [1.82, 2.24) is 20.2 Å². The molecule has 35 heavy (non-hydrogen) atoms. The fourth-order valence-electron chi connectivity index (χ4n) is 3.20. The van der Waals surface area contributed by atoms with E-state index in [0.717, 1.165) is 28.2 Å². The van der Waals surface area contributed by atoms with Crippen LogP contribution in [0, 0.1) is 11.3 Å².